The van der Waals surface area contributed by atoms with Crippen LogP contribution >= 0.6 is 34.4 Å². The first-order chi connectivity index (χ1) is 16.1. The minimum absolute atomic E-state index is 0.00642. The van der Waals surface area contributed by atoms with Crippen molar-refractivity contribution in [2.45, 2.75) is 36.7 Å². The van der Waals surface area contributed by atoms with Crippen LogP contribution in [-0.2, 0) is 29.9 Å². The topological polar surface area (TPSA) is 78.5 Å². The molecule has 0 spiro atoms. The molecule has 33 heavy (non-hydrogen) atoms. The minimum atomic E-state index is -0.0945. The van der Waals surface area contributed by atoms with Gasteiger partial charge in [-0.3, -0.25) is 18.6 Å². The summed E-state index contributed by atoms with van der Waals surface area (Å²) in [5.74, 6) is 0.454. The van der Waals surface area contributed by atoms with Crippen LogP contribution in [0.3, 0.4) is 0 Å². The Morgan fingerprint density at radius 2 is 2.03 bits per heavy atom. The zero-order chi connectivity index (χ0) is 22.5. The van der Waals surface area contributed by atoms with Gasteiger partial charge in [0.1, 0.15) is 4.83 Å². The number of thiazole rings is 1. The van der Waals surface area contributed by atoms with Gasteiger partial charge in [0, 0.05) is 23.8 Å². The number of fused-ring (bicyclic) bond motifs is 6. The van der Waals surface area contributed by atoms with Crippen molar-refractivity contribution >= 4 is 59.8 Å². The van der Waals surface area contributed by atoms with Crippen molar-refractivity contribution in [3.05, 3.63) is 67.2 Å². The lowest BCUT2D eigenvalue weighted by Gasteiger charge is -2.12. The van der Waals surface area contributed by atoms with Gasteiger partial charge < -0.3 is 4.74 Å². The molecule has 0 saturated carbocycles. The molecule has 0 unspecified atom stereocenters. The van der Waals surface area contributed by atoms with Crippen LogP contribution < -0.4 is 11.1 Å². The molecule has 1 aliphatic carbocycles. The largest absolute Gasteiger partial charge is 0.383 e. The van der Waals surface area contributed by atoms with Crippen molar-refractivity contribution in [2.24, 2.45) is 0 Å². The number of nitrogens with zero attached hydrogens (tertiary/aromatic N) is 4. The van der Waals surface area contributed by atoms with Gasteiger partial charge in [0.2, 0.25) is 0 Å². The van der Waals surface area contributed by atoms with E-state index >= 15 is 0 Å². The molecule has 10 heteroatoms. The molecular formula is C23H20N4O3S3. The molecule has 4 heterocycles. The van der Waals surface area contributed by atoms with Gasteiger partial charge in [0.25, 0.3) is 11.1 Å². The third-order valence-corrected chi connectivity index (χ3v) is 9.12. The van der Waals surface area contributed by atoms with E-state index in [-0.39, 0.29) is 11.1 Å². The maximum Gasteiger partial charge on any atom is 0.263 e. The zero-order valence-electron chi connectivity index (χ0n) is 17.9. The van der Waals surface area contributed by atoms with E-state index < -0.39 is 0 Å². The SMILES string of the molecule is COCCn1c(SCc2cc(=O)n3c(n2)sc2ccccc23)nc2sc3c(c2c1=O)CCC3. The number of hydrogen-bond donors (Lipinski definition) is 0. The van der Waals surface area contributed by atoms with E-state index in [2.05, 4.69) is 0 Å². The van der Waals surface area contributed by atoms with Gasteiger partial charge in [-0.2, -0.15) is 0 Å². The quantitative estimate of drug-likeness (QED) is 0.260. The summed E-state index contributed by atoms with van der Waals surface area (Å²) in [5.41, 5.74) is 2.65. The minimum Gasteiger partial charge on any atom is -0.383 e. The van der Waals surface area contributed by atoms with E-state index in [4.69, 9.17) is 14.7 Å². The first-order valence-electron chi connectivity index (χ1n) is 10.7. The number of para-hydroxylation sites is 1. The number of rotatable bonds is 6. The summed E-state index contributed by atoms with van der Waals surface area (Å²) in [6.07, 6.45) is 3.08. The predicted octanol–water partition coefficient (Wildman–Crippen LogP) is 4.11. The zero-order valence-corrected chi connectivity index (χ0v) is 20.3. The Bertz CT molecular complexity index is 1650. The summed E-state index contributed by atoms with van der Waals surface area (Å²) in [7, 11) is 1.63. The van der Waals surface area contributed by atoms with Gasteiger partial charge in [-0.15, -0.1) is 11.3 Å². The smallest absolute Gasteiger partial charge is 0.263 e. The Labute approximate surface area is 200 Å². The van der Waals surface area contributed by atoms with Crippen molar-refractivity contribution in [2.75, 3.05) is 13.7 Å². The molecule has 0 saturated heterocycles. The Morgan fingerprint density at radius 3 is 2.91 bits per heavy atom. The highest BCUT2D eigenvalue weighted by Gasteiger charge is 2.23. The number of thiophene rings is 1. The Balaban J connectivity index is 1.39. The maximum absolute atomic E-state index is 13.4. The monoisotopic (exact) mass is 496 g/mol. The van der Waals surface area contributed by atoms with Crippen LogP contribution in [0, 0.1) is 0 Å². The Morgan fingerprint density at radius 1 is 1.15 bits per heavy atom. The number of ether oxygens (including phenoxy) is 1. The summed E-state index contributed by atoms with van der Waals surface area (Å²) in [6.45, 7) is 0.872. The van der Waals surface area contributed by atoms with Gasteiger partial charge in [-0.05, 0) is 37.0 Å². The van der Waals surface area contributed by atoms with Gasteiger partial charge in [-0.25, -0.2) is 9.97 Å². The molecule has 7 nitrogen and oxygen atoms in total. The van der Waals surface area contributed by atoms with Crippen LogP contribution in [0.2, 0.25) is 0 Å². The fraction of sp³-hybridized carbons (Fsp3) is 0.304. The number of aromatic nitrogens is 4. The summed E-state index contributed by atoms with van der Waals surface area (Å²) in [6, 6.07) is 9.39. The van der Waals surface area contributed by atoms with Gasteiger partial charge in [0.15, 0.2) is 10.1 Å². The Hall–Kier alpha value is -2.53. The molecule has 0 radical (unpaired) electrons. The fourth-order valence-electron chi connectivity index (χ4n) is 4.38. The maximum atomic E-state index is 13.4. The van der Waals surface area contributed by atoms with Crippen molar-refractivity contribution in [1.82, 2.24) is 18.9 Å². The second kappa shape index (κ2) is 8.35. The van der Waals surface area contributed by atoms with E-state index in [0.29, 0.717) is 34.7 Å². The summed E-state index contributed by atoms with van der Waals surface area (Å²) >= 11 is 4.58. The fourth-order valence-corrected chi connectivity index (χ4v) is 7.65. The normalized spacial score (nSPS) is 13.5. The van der Waals surface area contributed by atoms with Gasteiger partial charge in [-0.1, -0.05) is 35.2 Å². The van der Waals surface area contributed by atoms with E-state index in [1.54, 1.807) is 33.5 Å². The molecule has 1 aliphatic rings. The lowest BCUT2D eigenvalue weighted by atomic mass is 10.2. The van der Waals surface area contributed by atoms with Crippen molar-refractivity contribution in [3.63, 3.8) is 0 Å². The summed E-state index contributed by atoms with van der Waals surface area (Å²) in [5, 5.41) is 1.42. The van der Waals surface area contributed by atoms with E-state index in [0.717, 1.165) is 39.7 Å². The molecule has 6 rings (SSSR count). The predicted molar refractivity (Wildman–Crippen MR) is 134 cm³/mol. The second-order valence-corrected chi connectivity index (χ2v) is 11.0. The van der Waals surface area contributed by atoms with Crippen molar-refractivity contribution < 1.29 is 4.74 Å². The molecule has 0 amide bonds. The highest BCUT2D eigenvalue weighted by Crippen LogP contribution is 2.36. The molecule has 1 aromatic carbocycles. The lowest BCUT2D eigenvalue weighted by Crippen LogP contribution is -2.25. The molecule has 0 N–H and O–H groups in total. The molecule has 0 atom stereocenters. The third kappa shape index (κ3) is 3.52. The molecule has 4 aromatic heterocycles. The molecule has 168 valence electrons. The van der Waals surface area contributed by atoms with Gasteiger partial charge >= 0.3 is 0 Å². The first-order valence-corrected chi connectivity index (χ1v) is 13.3. The standard InChI is InChI=1S/C23H20N4O3S3/c1-30-10-9-26-21(29)19-14-5-4-8-16(14)32-20(19)25-22(26)31-12-13-11-18(28)27-15-6-2-3-7-17(15)33-23(27)24-13/h2-3,6-7,11H,4-5,8-10,12H2,1H3. The highest BCUT2D eigenvalue weighted by molar-refractivity contribution is 7.98. The van der Waals surface area contributed by atoms with Crippen LogP contribution in [0.1, 0.15) is 22.6 Å². The lowest BCUT2D eigenvalue weighted by molar-refractivity contribution is 0.183. The number of thioether (sulfide) groups is 1. The van der Waals surface area contributed by atoms with E-state index in [1.807, 2.05) is 24.3 Å². The number of aryl methyl sites for hydroxylation is 2. The molecular weight excluding hydrogens is 476 g/mol. The molecule has 0 aliphatic heterocycles. The van der Waals surface area contributed by atoms with Crippen LogP contribution in [0.4, 0.5) is 0 Å². The van der Waals surface area contributed by atoms with Crippen LogP contribution in [0.15, 0.2) is 45.1 Å². The van der Waals surface area contributed by atoms with E-state index in [1.165, 1.54) is 33.5 Å². The molecule has 5 aromatic rings. The van der Waals surface area contributed by atoms with Crippen molar-refractivity contribution in [1.29, 1.82) is 0 Å². The van der Waals surface area contributed by atoms with E-state index in [9.17, 15) is 9.59 Å². The van der Waals surface area contributed by atoms with Crippen LogP contribution in [-0.4, -0.2) is 32.7 Å². The van der Waals surface area contributed by atoms with Crippen LogP contribution in [0.25, 0.3) is 25.4 Å². The molecule has 0 fully saturated rings. The third-order valence-electron chi connectivity index (χ3n) is 5.91. The summed E-state index contributed by atoms with van der Waals surface area (Å²) in [4.78, 5) is 38.6. The number of hydrogen-bond acceptors (Lipinski definition) is 8. The molecule has 0 bridgehead atoms. The van der Waals surface area contributed by atoms with Crippen LogP contribution in [0.5, 0.6) is 0 Å². The van der Waals surface area contributed by atoms with Gasteiger partial charge in [0.05, 0.1) is 34.4 Å². The number of benzene rings is 1. The number of methoxy groups -OCH3 is 1. The summed E-state index contributed by atoms with van der Waals surface area (Å²) < 4.78 is 9.64. The average molecular weight is 497 g/mol. The average Bonchev–Trinajstić information content (AvgIpc) is 3.49. The second-order valence-electron chi connectivity index (χ2n) is 7.94. The Kier molecular flexibility index (Phi) is 5.33. The first kappa shape index (κ1) is 21.0. The highest BCUT2D eigenvalue weighted by atomic mass is 32.2. The van der Waals surface area contributed by atoms with Crippen molar-refractivity contribution in [3.8, 4) is 0 Å².